The van der Waals surface area contributed by atoms with Crippen molar-refractivity contribution in [2.24, 2.45) is 4.99 Å². The van der Waals surface area contributed by atoms with Gasteiger partial charge in [0.2, 0.25) is 0 Å². The lowest BCUT2D eigenvalue weighted by Crippen LogP contribution is -2.10. The van der Waals surface area contributed by atoms with Crippen molar-refractivity contribution in [2.45, 2.75) is 33.2 Å². The largest absolute Gasteiger partial charge is 0.507 e. The van der Waals surface area contributed by atoms with Gasteiger partial charge in [-0.05, 0) is 39.3 Å². The second kappa shape index (κ2) is 4.56. The van der Waals surface area contributed by atoms with E-state index in [0.717, 1.165) is 11.1 Å². The van der Waals surface area contributed by atoms with Gasteiger partial charge in [-0.15, -0.1) is 0 Å². The molecule has 3 nitrogen and oxygen atoms in total. The normalized spacial score (nSPS) is 12.1. The van der Waals surface area contributed by atoms with Gasteiger partial charge < -0.3 is 9.84 Å². The lowest BCUT2D eigenvalue weighted by molar-refractivity contribution is 0.407. The first kappa shape index (κ1) is 12.6. The minimum Gasteiger partial charge on any atom is -0.507 e. The first-order chi connectivity index (χ1) is 7.33. The quantitative estimate of drug-likeness (QED) is 0.780. The molecule has 0 bridgehead atoms. The van der Waals surface area contributed by atoms with E-state index in [1.54, 1.807) is 19.4 Å². The van der Waals surface area contributed by atoms with Crippen LogP contribution in [0.2, 0.25) is 0 Å². The molecule has 0 atom stereocenters. The Kier molecular flexibility index (Phi) is 3.58. The summed E-state index contributed by atoms with van der Waals surface area (Å²) in [5.41, 5.74) is 1.55. The van der Waals surface area contributed by atoms with Gasteiger partial charge in [0.05, 0.1) is 12.6 Å². The van der Waals surface area contributed by atoms with Crippen LogP contribution in [0.5, 0.6) is 11.5 Å². The average Bonchev–Trinajstić information content (AvgIpc) is 2.14. The molecule has 0 aliphatic carbocycles. The van der Waals surface area contributed by atoms with Crippen LogP contribution in [-0.2, 0) is 0 Å². The van der Waals surface area contributed by atoms with Gasteiger partial charge in [-0.2, -0.15) is 0 Å². The van der Waals surface area contributed by atoms with Crippen molar-refractivity contribution < 1.29 is 9.84 Å². The van der Waals surface area contributed by atoms with Crippen LogP contribution in [0.4, 0.5) is 0 Å². The molecule has 0 spiro atoms. The Morgan fingerprint density at radius 1 is 1.31 bits per heavy atom. The molecule has 0 aliphatic rings. The van der Waals surface area contributed by atoms with Crippen molar-refractivity contribution in [1.29, 1.82) is 0 Å². The molecule has 0 saturated heterocycles. The molecule has 88 valence electrons. The van der Waals surface area contributed by atoms with Crippen LogP contribution in [0.1, 0.15) is 31.9 Å². The van der Waals surface area contributed by atoms with E-state index in [1.165, 1.54) is 0 Å². The number of aryl methyl sites for hydroxylation is 1. The maximum Gasteiger partial charge on any atom is 0.128 e. The van der Waals surface area contributed by atoms with Crippen LogP contribution in [-0.4, -0.2) is 24.0 Å². The number of aliphatic imine (C=N–C) groups is 1. The third-order valence-corrected chi connectivity index (χ3v) is 2.16. The zero-order valence-corrected chi connectivity index (χ0v) is 10.5. The molecule has 0 unspecified atom stereocenters. The third kappa shape index (κ3) is 3.26. The summed E-state index contributed by atoms with van der Waals surface area (Å²) in [7, 11) is 1.58. The Morgan fingerprint density at radius 3 is 2.38 bits per heavy atom. The van der Waals surface area contributed by atoms with Gasteiger partial charge in [0.15, 0.2) is 0 Å². The Balaban J connectivity index is 3.11. The average molecular weight is 221 g/mol. The summed E-state index contributed by atoms with van der Waals surface area (Å²) in [6.07, 6.45) is 1.71. The summed E-state index contributed by atoms with van der Waals surface area (Å²) in [6.45, 7) is 7.96. The summed E-state index contributed by atoms with van der Waals surface area (Å²) in [4.78, 5) is 4.38. The van der Waals surface area contributed by atoms with Crippen LogP contribution < -0.4 is 4.74 Å². The first-order valence-electron chi connectivity index (χ1n) is 5.26. The summed E-state index contributed by atoms with van der Waals surface area (Å²) >= 11 is 0. The Morgan fingerprint density at radius 2 is 1.94 bits per heavy atom. The maximum absolute atomic E-state index is 9.83. The number of hydrogen-bond acceptors (Lipinski definition) is 3. The van der Waals surface area contributed by atoms with Gasteiger partial charge >= 0.3 is 0 Å². The lowest BCUT2D eigenvalue weighted by Gasteiger charge is -2.12. The lowest BCUT2D eigenvalue weighted by atomic mass is 10.1. The molecular weight excluding hydrogens is 202 g/mol. The fourth-order valence-corrected chi connectivity index (χ4v) is 1.29. The van der Waals surface area contributed by atoms with Crippen LogP contribution in [0.15, 0.2) is 17.1 Å². The summed E-state index contributed by atoms with van der Waals surface area (Å²) in [6, 6.07) is 3.47. The number of rotatable bonds is 2. The summed E-state index contributed by atoms with van der Waals surface area (Å²) in [5, 5.41) is 9.83. The highest BCUT2D eigenvalue weighted by molar-refractivity contribution is 5.86. The molecule has 0 fully saturated rings. The predicted octanol–water partition coefficient (Wildman–Crippen LogP) is 2.93. The smallest absolute Gasteiger partial charge is 0.128 e. The summed E-state index contributed by atoms with van der Waals surface area (Å²) < 4.78 is 5.07. The molecule has 0 aliphatic heterocycles. The number of hydrogen-bond donors (Lipinski definition) is 1. The second-order valence-electron chi connectivity index (χ2n) is 4.81. The van der Waals surface area contributed by atoms with E-state index in [4.69, 9.17) is 4.74 Å². The molecule has 0 radical (unpaired) electrons. The second-order valence-corrected chi connectivity index (χ2v) is 4.81. The van der Waals surface area contributed by atoms with Crippen molar-refractivity contribution in [2.75, 3.05) is 7.11 Å². The first-order valence-corrected chi connectivity index (χ1v) is 5.26. The van der Waals surface area contributed by atoms with Gasteiger partial charge in [-0.25, -0.2) is 0 Å². The highest BCUT2D eigenvalue weighted by Crippen LogP contribution is 2.26. The fraction of sp³-hybridized carbons (Fsp3) is 0.462. The third-order valence-electron chi connectivity index (χ3n) is 2.16. The number of ether oxygens (including phenoxy) is 1. The van der Waals surface area contributed by atoms with E-state index in [0.29, 0.717) is 5.75 Å². The molecule has 0 saturated carbocycles. The standard InChI is InChI=1S/C13H19NO2/c1-9-6-10(16-5)7-12(15)11(9)8-14-13(2,3)4/h6-8,15H,1-5H3. The van der Waals surface area contributed by atoms with Gasteiger partial charge in [-0.3, -0.25) is 4.99 Å². The zero-order valence-electron chi connectivity index (χ0n) is 10.5. The van der Waals surface area contributed by atoms with Crippen LogP contribution in [0, 0.1) is 6.92 Å². The molecule has 1 rings (SSSR count). The molecule has 0 heterocycles. The highest BCUT2D eigenvalue weighted by Gasteiger charge is 2.09. The van der Waals surface area contributed by atoms with Crippen molar-refractivity contribution >= 4 is 6.21 Å². The molecule has 0 amide bonds. The van der Waals surface area contributed by atoms with Crippen molar-refractivity contribution in [3.05, 3.63) is 23.3 Å². The van der Waals surface area contributed by atoms with Crippen LogP contribution >= 0.6 is 0 Å². The SMILES string of the molecule is COc1cc(C)c(C=NC(C)(C)C)c(O)c1. The van der Waals surface area contributed by atoms with E-state index < -0.39 is 0 Å². The number of nitrogens with zero attached hydrogens (tertiary/aromatic N) is 1. The van der Waals surface area contributed by atoms with E-state index in [2.05, 4.69) is 4.99 Å². The predicted molar refractivity (Wildman–Crippen MR) is 66.7 cm³/mol. The van der Waals surface area contributed by atoms with E-state index >= 15 is 0 Å². The van der Waals surface area contributed by atoms with Gasteiger partial charge in [-0.1, -0.05) is 0 Å². The maximum atomic E-state index is 9.83. The Bertz CT molecular complexity index is 380. The molecule has 1 aromatic carbocycles. The minimum absolute atomic E-state index is 0.140. The van der Waals surface area contributed by atoms with Gasteiger partial charge in [0.1, 0.15) is 11.5 Å². The van der Waals surface area contributed by atoms with Crippen molar-refractivity contribution in [3.8, 4) is 11.5 Å². The van der Waals surface area contributed by atoms with Crippen LogP contribution in [0.3, 0.4) is 0 Å². The summed E-state index contributed by atoms with van der Waals surface area (Å²) in [5.74, 6) is 0.854. The van der Waals surface area contributed by atoms with E-state index in [9.17, 15) is 5.11 Å². The minimum atomic E-state index is -0.140. The van der Waals surface area contributed by atoms with Crippen molar-refractivity contribution in [3.63, 3.8) is 0 Å². The Hall–Kier alpha value is -1.51. The zero-order chi connectivity index (χ0) is 12.3. The molecule has 0 aromatic heterocycles. The van der Waals surface area contributed by atoms with Crippen LogP contribution in [0.25, 0.3) is 0 Å². The van der Waals surface area contributed by atoms with E-state index in [1.807, 2.05) is 33.8 Å². The monoisotopic (exact) mass is 221 g/mol. The highest BCUT2D eigenvalue weighted by atomic mass is 16.5. The van der Waals surface area contributed by atoms with Crippen molar-refractivity contribution in [1.82, 2.24) is 0 Å². The number of phenolic OH excluding ortho intramolecular Hbond substituents is 1. The molecule has 1 aromatic rings. The number of benzene rings is 1. The van der Waals surface area contributed by atoms with E-state index in [-0.39, 0.29) is 11.3 Å². The number of phenols is 1. The molecule has 1 N–H and O–H groups in total. The van der Waals surface area contributed by atoms with Gasteiger partial charge in [0.25, 0.3) is 0 Å². The molecule has 3 heteroatoms. The number of methoxy groups -OCH3 is 1. The topological polar surface area (TPSA) is 41.8 Å². The Labute approximate surface area is 96.8 Å². The van der Waals surface area contributed by atoms with Gasteiger partial charge in [0, 0.05) is 17.8 Å². The fourth-order valence-electron chi connectivity index (χ4n) is 1.29. The molecule has 16 heavy (non-hydrogen) atoms. The number of aromatic hydroxyl groups is 1. The molecular formula is C13H19NO2.